The van der Waals surface area contributed by atoms with Crippen molar-refractivity contribution in [3.63, 3.8) is 0 Å². The number of pyridine rings is 1. The molecule has 4 rings (SSSR count). The average molecular weight is 399 g/mol. The summed E-state index contributed by atoms with van der Waals surface area (Å²) in [5, 5.41) is 9.22. The van der Waals surface area contributed by atoms with Crippen molar-refractivity contribution in [1.29, 1.82) is 0 Å². The van der Waals surface area contributed by atoms with E-state index in [-0.39, 0.29) is 0 Å². The summed E-state index contributed by atoms with van der Waals surface area (Å²) in [6.07, 6.45) is 3.54. The van der Waals surface area contributed by atoms with Crippen LogP contribution >= 0.6 is 27.3 Å². The van der Waals surface area contributed by atoms with Crippen LogP contribution in [0.1, 0.15) is 5.69 Å². The van der Waals surface area contributed by atoms with Gasteiger partial charge in [-0.15, -0.1) is 21.5 Å². The normalized spacial score (nSPS) is 10.9. The summed E-state index contributed by atoms with van der Waals surface area (Å²) < 4.78 is 6.85. The van der Waals surface area contributed by atoms with Gasteiger partial charge in [0.1, 0.15) is 9.88 Å². The first-order chi connectivity index (χ1) is 11.7. The van der Waals surface area contributed by atoms with Gasteiger partial charge < -0.3 is 4.42 Å². The highest BCUT2D eigenvalue weighted by atomic mass is 79.9. The number of aryl methyl sites for hydroxylation is 1. The SMILES string of the molecule is Cc1nc(-c2cccnc2)sc1-c1nnc(-c2ccc(Br)cc2)o1. The van der Waals surface area contributed by atoms with Crippen LogP contribution in [0.2, 0.25) is 0 Å². The van der Waals surface area contributed by atoms with Gasteiger partial charge >= 0.3 is 0 Å². The molecule has 3 heterocycles. The number of hydrogen-bond acceptors (Lipinski definition) is 6. The zero-order chi connectivity index (χ0) is 16.5. The molecular weight excluding hydrogens is 388 g/mol. The lowest BCUT2D eigenvalue weighted by Crippen LogP contribution is -1.79. The highest BCUT2D eigenvalue weighted by Gasteiger charge is 2.17. The minimum absolute atomic E-state index is 0.484. The largest absolute Gasteiger partial charge is 0.415 e. The van der Waals surface area contributed by atoms with Crippen molar-refractivity contribution in [2.45, 2.75) is 6.92 Å². The summed E-state index contributed by atoms with van der Waals surface area (Å²) in [5.41, 5.74) is 2.72. The average Bonchev–Trinajstić information content (AvgIpc) is 3.23. The Kier molecular flexibility index (Phi) is 3.95. The fourth-order valence-electron chi connectivity index (χ4n) is 2.23. The van der Waals surface area contributed by atoms with Crippen LogP contribution in [0.15, 0.2) is 57.7 Å². The molecule has 24 heavy (non-hydrogen) atoms. The number of halogens is 1. The number of hydrogen-bond donors (Lipinski definition) is 0. The van der Waals surface area contributed by atoms with Gasteiger partial charge in [-0.3, -0.25) is 4.98 Å². The van der Waals surface area contributed by atoms with Crippen molar-refractivity contribution in [1.82, 2.24) is 20.2 Å². The van der Waals surface area contributed by atoms with E-state index in [1.807, 2.05) is 43.3 Å². The lowest BCUT2D eigenvalue weighted by Gasteiger charge is -1.94. The van der Waals surface area contributed by atoms with Crippen molar-refractivity contribution in [3.05, 3.63) is 59.0 Å². The molecule has 7 heteroatoms. The number of rotatable bonds is 3. The van der Waals surface area contributed by atoms with Crippen LogP contribution in [-0.4, -0.2) is 20.2 Å². The summed E-state index contributed by atoms with van der Waals surface area (Å²) in [6, 6.07) is 11.6. The molecular formula is C17H11BrN4OS. The summed E-state index contributed by atoms with van der Waals surface area (Å²) in [7, 11) is 0. The van der Waals surface area contributed by atoms with E-state index in [1.54, 1.807) is 12.4 Å². The van der Waals surface area contributed by atoms with Crippen molar-refractivity contribution in [2.24, 2.45) is 0 Å². The Morgan fingerprint density at radius 2 is 1.79 bits per heavy atom. The van der Waals surface area contributed by atoms with E-state index in [0.717, 1.165) is 31.2 Å². The van der Waals surface area contributed by atoms with Crippen molar-refractivity contribution < 1.29 is 4.42 Å². The second-order valence-corrected chi connectivity index (χ2v) is 7.01. The van der Waals surface area contributed by atoms with Gasteiger partial charge in [0.15, 0.2) is 0 Å². The summed E-state index contributed by atoms with van der Waals surface area (Å²) in [5.74, 6) is 0.978. The summed E-state index contributed by atoms with van der Waals surface area (Å²) in [6.45, 7) is 1.94. The predicted octanol–water partition coefficient (Wildman–Crippen LogP) is 4.99. The summed E-state index contributed by atoms with van der Waals surface area (Å²) >= 11 is 4.94. The monoisotopic (exact) mass is 398 g/mol. The first-order valence-corrected chi connectivity index (χ1v) is 8.79. The Bertz CT molecular complexity index is 980. The van der Waals surface area contributed by atoms with Crippen LogP contribution < -0.4 is 0 Å². The number of nitrogens with zero attached hydrogens (tertiary/aromatic N) is 4. The fraction of sp³-hybridized carbons (Fsp3) is 0.0588. The zero-order valence-corrected chi connectivity index (χ0v) is 15.0. The van der Waals surface area contributed by atoms with Gasteiger partial charge in [0, 0.05) is 28.0 Å². The molecule has 0 bridgehead atoms. The standard InChI is InChI=1S/C17H11BrN4OS/c1-10-14(24-17(20-10)12-3-2-8-19-9-12)16-22-21-15(23-16)11-4-6-13(18)7-5-11/h2-9H,1H3. The van der Waals surface area contributed by atoms with Crippen LogP contribution in [0.4, 0.5) is 0 Å². The number of thiazole rings is 1. The van der Waals surface area contributed by atoms with E-state index < -0.39 is 0 Å². The Labute approximate surface area is 150 Å². The maximum Gasteiger partial charge on any atom is 0.260 e. The van der Waals surface area contributed by atoms with E-state index >= 15 is 0 Å². The molecule has 0 spiro atoms. The Hall–Kier alpha value is -2.38. The third-order valence-corrected chi connectivity index (χ3v) is 5.14. The maximum absolute atomic E-state index is 5.84. The lowest BCUT2D eigenvalue weighted by atomic mass is 10.2. The zero-order valence-electron chi connectivity index (χ0n) is 12.6. The van der Waals surface area contributed by atoms with Crippen LogP contribution in [0.5, 0.6) is 0 Å². The quantitative estimate of drug-likeness (QED) is 0.486. The number of aromatic nitrogens is 4. The van der Waals surface area contributed by atoms with Gasteiger partial charge in [-0.2, -0.15) is 0 Å². The smallest absolute Gasteiger partial charge is 0.260 e. The van der Waals surface area contributed by atoms with Gasteiger partial charge in [0.25, 0.3) is 5.89 Å². The minimum atomic E-state index is 0.484. The van der Waals surface area contributed by atoms with Crippen molar-refractivity contribution in [3.8, 4) is 32.8 Å². The van der Waals surface area contributed by atoms with Gasteiger partial charge in [0.05, 0.1) is 5.69 Å². The first-order valence-electron chi connectivity index (χ1n) is 7.18. The van der Waals surface area contributed by atoms with Crippen LogP contribution in [-0.2, 0) is 0 Å². The van der Waals surface area contributed by atoms with Crippen LogP contribution in [0, 0.1) is 6.92 Å². The second kappa shape index (κ2) is 6.26. The molecule has 5 nitrogen and oxygen atoms in total. The molecule has 0 aliphatic rings. The molecule has 3 aromatic heterocycles. The van der Waals surface area contributed by atoms with Crippen molar-refractivity contribution >= 4 is 27.3 Å². The molecule has 0 unspecified atom stereocenters. The summed E-state index contributed by atoms with van der Waals surface area (Å²) in [4.78, 5) is 9.61. The van der Waals surface area contributed by atoms with E-state index in [2.05, 4.69) is 36.1 Å². The molecule has 0 fully saturated rings. The Morgan fingerprint density at radius 1 is 1.00 bits per heavy atom. The first kappa shape index (κ1) is 15.2. The fourth-order valence-corrected chi connectivity index (χ4v) is 3.47. The molecule has 0 saturated heterocycles. The highest BCUT2D eigenvalue weighted by Crippen LogP contribution is 2.35. The van der Waals surface area contributed by atoms with Crippen molar-refractivity contribution in [2.75, 3.05) is 0 Å². The molecule has 1 aromatic carbocycles. The lowest BCUT2D eigenvalue weighted by molar-refractivity contribution is 0.585. The molecule has 118 valence electrons. The minimum Gasteiger partial charge on any atom is -0.415 e. The molecule has 0 amide bonds. The second-order valence-electron chi connectivity index (χ2n) is 5.09. The van der Waals surface area contributed by atoms with E-state index in [9.17, 15) is 0 Å². The predicted molar refractivity (Wildman–Crippen MR) is 96.5 cm³/mol. The third-order valence-electron chi connectivity index (χ3n) is 3.42. The molecule has 0 saturated carbocycles. The van der Waals surface area contributed by atoms with Gasteiger partial charge in [-0.1, -0.05) is 15.9 Å². The van der Waals surface area contributed by atoms with Gasteiger partial charge in [0.2, 0.25) is 5.89 Å². The molecule has 4 aromatic rings. The topological polar surface area (TPSA) is 64.7 Å². The molecule has 0 atom stereocenters. The van der Waals surface area contributed by atoms with Crippen LogP contribution in [0.25, 0.3) is 32.8 Å². The third kappa shape index (κ3) is 2.88. The molecule has 0 N–H and O–H groups in total. The maximum atomic E-state index is 5.84. The Balaban J connectivity index is 1.70. The van der Waals surface area contributed by atoms with Crippen LogP contribution in [0.3, 0.4) is 0 Å². The highest BCUT2D eigenvalue weighted by molar-refractivity contribution is 9.10. The van der Waals surface area contributed by atoms with Gasteiger partial charge in [-0.05, 0) is 43.3 Å². The number of benzene rings is 1. The van der Waals surface area contributed by atoms with E-state index in [4.69, 9.17) is 4.42 Å². The molecule has 0 radical (unpaired) electrons. The van der Waals surface area contributed by atoms with E-state index in [1.165, 1.54) is 11.3 Å². The van der Waals surface area contributed by atoms with E-state index in [0.29, 0.717) is 11.8 Å². The van der Waals surface area contributed by atoms with Gasteiger partial charge in [-0.25, -0.2) is 4.98 Å². The Morgan fingerprint density at radius 3 is 2.54 bits per heavy atom. The molecule has 0 aliphatic carbocycles. The molecule has 0 aliphatic heterocycles.